The summed E-state index contributed by atoms with van der Waals surface area (Å²) in [5.41, 5.74) is 0.254. The van der Waals surface area contributed by atoms with Crippen LogP contribution in [0.1, 0.15) is 9.67 Å². The molecule has 15 heavy (non-hydrogen) atoms. The third kappa shape index (κ3) is 1.62. The number of hydrogen-bond acceptors (Lipinski definition) is 6. The molecule has 0 unspecified atom stereocenters. The Morgan fingerprint density at radius 2 is 2.33 bits per heavy atom. The first-order valence-corrected chi connectivity index (χ1v) is 5.06. The minimum atomic E-state index is -0.605. The number of fused-ring (bicyclic) bond motifs is 1. The molecule has 0 saturated heterocycles. The van der Waals surface area contributed by atoms with Gasteiger partial charge in [0.15, 0.2) is 15.8 Å². The maximum atomic E-state index is 11.2. The van der Waals surface area contributed by atoms with Crippen LogP contribution in [-0.2, 0) is 4.74 Å². The van der Waals surface area contributed by atoms with Crippen LogP contribution in [0.3, 0.4) is 0 Å². The largest absolute Gasteiger partial charge is 0.504 e. The number of thiophene rings is 1. The summed E-state index contributed by atoms with van der Waals surface area (Å²) in [6.07, 6.45) is 0. The van der Waals surface area contributed by atoms with Gasteiger partial charge in [-0.3, -0.25) is 0 Å². The second-order valence-corrected chi connectivity index (χ2v) is 4.09. The predicted octanol–water partition coefficient (Wildman–Crippen LogP) is 1.84. The molecule has 0 bridgehead atoms. The van der Waals surface area contributed by atoms with Crippen molar-refractivity contribution in [3.05, 3.63) is 16.1 Å². The number of aromatic hydroxyl groups is 1. The van der Waals surface area contributed by atoms with E-state index in [0.717, 1.165) is 11.3 Å². The fourth-order valence-electron chi connectivity index (χ4n) is 1.09. The Morgan fingerprint density at radius 3 is 3.00 bits per heavy atom. The predicted molar refractivity (Wildman–Crippen MR) is 55.4 cm³/mol. The van der Waals surface area contributed by atoms with E-state index in [1.165, 1.54) is 13.2 Å². The molecule has 0 aliphatic carbocycles. The van der Waals surface area contributed by atoms with Crippen molar-refractivity contribution in [2.24, 2.45) is 0 Å². The summed E-state index contributed by atoms with van der Waals surface area (Å²) >= 11 is 6.69. The highest BCUT2D eigenvalue weighted by molar-refractivity contribution is 7.21. The molecule has 2 heterocycles. The molecule has 2 rings (SSSR count). The smallest absolute Gasteiger partial charge is 0.351 e. The van der Waals surface area contributed by atoms with E-state index in [9.17, 15) is 9.90 Å². The molecule has 5 nitrogen and oxygen atoms in total. The van der Waals surface area contributed by atoms with E-state index >= 15 is 0 Å². The Balaban J connectivity index is 2.69. The first-order chi connectivity index (χ1) is 7.13. The van der Waals surface area contributed by atoms with Crippen molar-refractivity contribution in [1.29, 1.82) is 0 Å². The Morgan fingerprint density at radius 1 is 1.60 bits per heavy atom. The second-order valence-electron chi connectivity index (χ2n) is 2.65. The lowest BCUT2D eigenvalue weighted by Gasteiger charge is -1.93. The molecule has 0 aliphatic rings. The molecular formula is C8H5ClN2O3S. The molecule has 7 heteroatoms. The minimum Gasteiger partial charge on any atom is -0.504 e. The van der Waals surface area contributed by atoms with Gasteiger partial charge in [0.05, 0.1) is 11.8 Å². The average Bonchev–Trinajstić information content (AvgIpc) is 2.54. The summed E-state index contributed by atoms with van der Waals surface area (Å²) in [5.74, 6) is -0.822. The highest BCUT2D eigenvalue weighted by Gasteiger charge is 2.19. The van der Waals surface area contributed by atoms with E-state index in [2.05, 4.69) is 14.9 Å². The molecule has 0 amide bonds. The molecule has 0 fully saturated rings. The van der Waals surface area contributed by atoms with Gasteiger partial charge in [0.1, 0.15) is 5.52 Å². The van der Waals surface area contributed by atoms with Crippen LogP contribution in [0, 0.1) is 0 Å². The van der Waals surface area contributed by atoms with Crippen molar-refractivity contribution in [2.45, 2.75) is 0 Å². The Labute approximate surface area is 93.3 Å². The van der Waals surface area contributed by atoms with Crippen molar-refractivity contribution < 1.29 is 14.6 Å². The number of nitrogens with zero attached hydrogens (tertiary/aromatic N) is 2. The van der Waals surface area contributed by atoms with Crippen LogP contribution in [0.25, 0.3) is 10.2 Å². The van der Waals surface area contributed by atoms with Crippen LogP contribution < -0.4 is 0 Å². The second kappa shape index (κ2) is 3.63. The van der Waals surface area contributed by atoms with Crippen LogP contribution >= 0.6 is 22.9 Å². The zero-order valence-corrected chi connectivity index (χ0v) is 9.09. The zero-order valence-electron chi connectivity index (χ0n) is 7.52. The summed E-state index contributed by atoms with van der Waals surface area (Å²) in [7, 11) is 1.24. The maximum Gasteiger partial charge on any atom is 0.351 e. The molecule has 2 aromatic rings. The Bertz CT molecular complexity index is 540. The highest BCUT2D eigenvalue weighted by Crippen LogP contribution is 2.36. The molecule has 0 atom stereocenters. The molecule has 2 aromatic heterocycles. The lowest BCUT2D eigenvalue weighted by Crippen LogP contribution is -1.97. The molecule has 0 saturated carbocycles. The fourth-order valence-corrected chi connectivity index (χ4v) is 2.29. The van der Waals surface area contributed by atoms with Gasteiger partial charge in [-0.2, -0.15) is 0 Å². The van der Waals surface area contributed by atoms with Crippen molar-refractivity contribution in [2.75, 3.05) is 7.11 Å². The van der Waals surface area contributed by atoms with Crippen molar-refractivity contribution in [1.82, 2.24) is 10.2 Å². The summed E-state index contributed by atoms with van der Waals surface area (Å²) in [6.45, 7) is 0. The van der Waals surface area contributed by atoms with Crippen molar-refractivity contribution in [3.63, 3.8) is 0 Å². The fraction of sp³-hybridized carbons (Fsp3) is 0.125. The Kier molecular flexibility index (Phi) is 2.45. The lowest BCUT2D eigenvalue weighted by molar-refractivity contribution is 0.0603. The highest BCUT2D eigenvalue weighted by atomic mass is 35.5. The number of carbonyl (C=O) groups is 1. The van der Waals surface area contributed by atoms with Crippen molar-refractivity contribution >= 4 is 39.1 Å². The third-order valence-electron chi connectivity index (χ3n) is 1.75. The first kappa shape index (κ1) is 10.1. The van der Waals surface area contributed by atoms with Crippen LogP contribution in [0.15, 0.2) is 6.07 Å². The monoisotopic (exact) mass is 244 g/mol. The van der Waals surface area contributed by atoms with Gasteiger partial charge in [0.2, 0.25) is 0 Å². The van der Waals surface area contributed by atoms with Gasteiger partial charge in [-0.1, -0.05) is 11.6 Å². The molecule has 0 aliphatic heterocycles. The normalized spacial score (nSPS) is 10.5. The van der Waals surface area contributed by atoms with Crippen molar-refractivity contribution in [3.8, 4) is 5.75 Å². The third-order valence-corrected chi connectivity index (χ3v) is 3.03. The molecule has 0 aromatic carbocycles. The number of hydrogen-bond donors (Lipinski definition) is 1. The van der Waals surface area contributed by atoms with Gasteiger partial charge in [-0.05, 0) is 6.07 Å². The van der Waals surface area contributed by atoms with Gasteiger partial charge in [0.25, 0.3) is 0 Å². The zero-order chi connectivity index (χ0) is 11.0. The standard InChI is InChI=1S/C8H5ClN2O3S/c1-14-8(13)7-6(12)5-3(15-7)2-4(9)10-11-5/h2,12H,1H3. The molecule has 1 N–H and O–H groups in total. The van der Waals surface area contributed by atoms with Crippen LogP contribution in [0.5, 0.6) is 5.75 Å². The summed E-state index contributed by atoms with van der Waals surface area (Å²) < 4.78 is 5.10. The summed E-state index contributed by atoms with van der Waals surface area (Å²) in [6, 6.07) is 1.53. The van der Waals surface area contributed by atoms with Crippen LogP contribution in [0.2, 0.25) is 5.15 Å². The van der Waals surface area contributed by atoms with E-state index in [4.69, 9.17) is 11.6 Å². The number of aromatic nitrogens is 2. The van der Waals surface area contributed by atoms with E-state index in [1.807, 2.05) is 0 Å². The van der Waals surface area contributed by atoms with Crippen LogP contribution in [0.4, 0.5) is 0 Å². The number of rotatable bonds is 1. The van der Waals surface area contributed by atoms with Gasteiger partial charge in [-0.25, -0.2) is 4.79 Å². The lowest BCUT2D eigenvalue weighted by atomic mass is 10.3. The Hall–Kier alpha value is -1.40. The maximum absolute atomic E-state index is 11.2. The van der Waals surface area contributed by atoms with Gasteiger partial charge in [0, 0.05) is 0 Å². The SMILES string of the molecule is COC(=O)c1sc2cc(Cl)nnc2c1O. The number of ether oxygens (including phenoxy) is 1. The first-order valence-electron chi connectivity index (χ1n) is 3.86. The van der Waals surface area contributed by atoms with Gasteiger partial charge >= 0.3 is 5.97 Å². The van der Waals surface area contributed by atoms with Gasteiger partial charge < -0.3 is 9.84 Å². The van der Waals surface area contributed by atoms with E-state index < -0.39 is 5.97 Å². The quantitative estimate of drug-likeness (QED) is 0.775. The molecular weight excluding hydrogens is 240 g/mol. The number of methoxy groups -OCH3 is 1. The number of carbonyl (C=O) groups excluding carboxylic acids is 1. The van der Waals surface area contributed by atoms with Crippen LogP contribution in [-0.4, -0.2) is 28.4 Å². The summed E-state index contributed by atoms with van der Waals surface area (Å²) in [5, 5.41) is 17.1. The topological polar surface area (TPSA) is 72.3 Å². The van der Waals surface area contributed by atoms with E-state index in [-0.39, 0.29) is 21.3 Å². The van der Waals surface area contributed by atoms with Gasteiger partial charge in [-0.15, -0.1) is 21.5 Å². The van der Waals surface area contributed by atoms with E-state index in [1.54, 1.807) is 0 Å². The molecule has 0 radical (unpaired) electrons. The molecule has 0 spiro atoms. The number of halogens is 1. The number of esters is 1. The molecule has 78 valence electrons. The summed E-state index contributed by atoms with van der Waals surface area (Å²) in [4.78, 5) is 11.3. The van der Waals surface area contributed by atoms with E-state index in [0.29, 0.717) is 4.70 Å². The average molecular weight is 245 g/mol. The minimum absolute atomic E-state index is 0.101.